The number of morpholine rings is 1. The maximum absolute atomic E-state index is 12.8. The quantitative estimate of drug-likeness (QED) is 0.732. The van der Waals surface area contributed by atoms with E-state index in [4.69, 9.17) is 4.74 Å². The largest absolute Gasteiger partial charge is 0.374 e. The third-order valence-electron chi connectivity index (χ3n) is 5.08. The highest BCUT2D eigenvalue weighted by Gasteiger charge is 2.22. The Morgan fingerprint density at radius 2 is 1.96 bits per heavy atom. The van der Waals surface area contributed by atoms with Crippen LogP contribution in [0, 0.1) is 6.92 Å². The van der Waals surface area contributed by atoms with E-state index in [1.165, 1.54) is 5.56 Å². The number of carbonyl (C=O) groups is 1. The van der Waals surface area contributed by atoms with Gasteiger partial charge in [-0.05, 0) is 18.6 Å². The van der Waals surface area contributed by atoms with Crippen molar-refractivity contribution < 1.29 is 9.53 Å². The maximum Gasteiger partial charge on any atom is 0.253 e. The Kier molecular flexibility index (Phi) is 5.23. The summed E-state index contributed by atoms with van der Waals surface area (Å²) in [6.45, 7) is 5.80. The Hall–Kier alpha value is -2.63. The summed E-state index contributed by atoms with van der Waals surface area (Å²) in [4.78, 5) is 18.4. The molecule has 1 aromatic heterocycles. The second-order valence-corrected chi connectivity index (χ2v) is 7.09. The molecule has 27 heavy (non-hydrogen) atoms. The van der Waals surface area contributed by atoms with Gasteiger partial charge in [0.05, 0.1) is 18.3 Å². The highest BCUT2D eigenvalue weighted by molar-refractivity contribution is 6.08. The standard InChI is InChI=1S/C22H25N3O2/c1-16-21(19-9-5-6-10-20(19)24-16)22(26)23-13-18-15-25(11-12-27-18)14-17-7-3-2-4-8-17/h2-10,18,24H,11-15H2,1H3,(H,23,26). The van der Waals surface area contributed by atoms with Crippen LogP contribution in [-0.2, 0) is 11.3 Å². The minimum atomic E-state index is -0.0475. The van der Waals surface area contributed by atoms with Gasteiger partial charge in [0.25, 0.3) is 5.91 Å². The molecule has 1 saturated heterocycles. The fourth-order valence-corrected chi connectivity index (χ4v) is 3.75. The molecule has 0 spiro atoms. The van der Waals surface area contributed by atoms with E-state index >= 15 is 0 Å². The summed E-state index contributed by atoms with van der Waals surface area (Å²) in [5.41, 5.74) is 3.91. The number of rotatable bonds is 5. The molecule has 4 rings (SSSR count). The molecule has 1 fully saturated rings. The number of carbonyl (C=O) groups excluding carboxylic acids is 1. The summed E-state index contributed by atoms with van der Waals surface area (Å²) < 4.78 is 5.87. The summed E-state index contributed by atoms with van der Waals surface area (Å²) in [7, 11) is 0. The average molecular weight is 363 g/mol. The van der Waals surface area contributed by atoms with Crippen molar-refractivity contribution in [1.82, 2.24) is 15.2 Å². The van der Waals surface area contributed by atoms with Gasteiger partial charge in [0.2, 0.25) is 0 Å². The first-order valence-electron chi connectivity index (χ1n) is 9.44. The molecule has 2 heterocycles. The van der Waals surface area contributed by atoms with Gasteiger partial charge >= 0.3 is 0 Å². The van der Waals surface area contributed by atoms with Crippen LogP contribution < -0.4 is 5.32 Å². The van der Waals surface area contributed by atoms with Crippen molar-refractivity contribution in [2.75, 3.05) is 26.2 Å². The molecule has 1 amide bonds. The number of amides is 1. The van der Waals surface area contributed by atoms with Crippen LogP contribution in [0.2, 0.25) is 0 Å². The zero-order chi connectivity index (χ0) is 18.6. The van der Waals surface area contributed by atoms with Gasteiger partial charge in [0, 0.05) is 42.8 Å². The van der Waals surface area contributed by atoms with Crippen molar-refractivity contribution in [3.63, 3.8) is 0 Å². The van der Waals surface area contributed by atoms with Crippen molar-refractivity contribution in [1.29, 1.82) is 0 Å². The number of hydrogen-bond donors (Lipinski definition) is 2. The SMILES string of the molecule is Cc1[nH]c2ccccc2c1C(=O)NCC1CN(Cc2ccccc2)CCO1. The van der Waals surface area contributed by atoms with Gasteiger partial charge in [-0.25, -0.2) is 0 Å². The van der Waals surface area contributed by atoms with E-state index in [9.17, 15) is 4.79 Å². The van der Waals surface area contributed by atoms with Crippen LogP contribution in [0.5, 0.6) is 0 Å². The molecule has 5 heteroatoms. The van der Waals surface area contributed by atoms with Crippen LogP contribution >= 0.6 is 0 Å². The van der Waals surface area contributed by atoms with Gasteiger partial charge in [-0.15, -0.1) is 0 Å². The molecule has 0 aliphatic carbocycles. The van der Waals surface area contributed by atoms with Crippen LogP contribution in [0.3, 0.4) is 0 Å². The number of aromatic amines is 1. The number of para-hydroxylation sites is 1. The molecule has 2 aromatic carbocycles. The number of aryl methyl sites for hydroxylation is 1. The molecule has 0 radical (unpaired) electrons. The second-order valence-electron chi connectivity index (χ2n) is 7.09. The van der Waals surface area contributed by atoms with Crippen molar-refractivity contribution in [3.05, 3.63) is 71.4 Å². The molecule has 1 aliphatic heterocycles. The third-order valence-corrected chi connectivity index (χ3v) is 5.08. The van der Waals surface area contributed by atoms with Crippen molar-refractivity contribution in [2.45, 2.75) is 19.6 Å². The predicted octanol–water partition coefficient (Wildman–Crippen LogP) is 3.11. The van der Waals surface area contributed by atoms with Crippen molar-refractivity contribution in [2.24, 2.45) is 0 Å². The molecule has 5 nitrogen and oxygen atoms in total. The zero-order valence-electron chi connectivity index (χ0n) is 15.6. The molecule has 0 bridgehead atoms. The van der Waals surface area contributed by atoms with Crippen LogP contribution in [0.1, 0.15) is 21.6 Å². The summed E-state index contributed by atoms with van der Waals surface area (Å²) in [5, 5.41) is 4.02. The van der Waals surface area contributed by atoms with Gasteiger partial charge < -0.3 is 15.0 Å². The van der Waals surface area contributed by atoms with Crippen LogP contribution in [0.4, 0.5) is 0 Å². The number of nitrogens with zero attached hydrogens (tertiary/aromatic N) is 1. The minimum Gasteiger partial charge on any atom is -0.374 e. The fraction of sp³-hybridized carbons (Fsp3) is 0.318. The first-order valence-corrected chi connectivity index (χ1v) is 9.44. The summed E-state index contributed by atoms with van der Waals surface area (Å²) >= 11 is 0. The summed E-state index contributed by atoms with van der Waals surface area (Å²) in [6, 6.07) is 18.4. The lowest BCUT2D eigenvalue weighted by Crippen LogP contribution is -2.47. The van der Waals surface area contributed by atoms with E-state index in [2.05, 4.69) is 39.5 Å². The van der Waals surface area contributed by atoms with E-state index in [1.54, 1.807) is 0 Å². The molecule has 0 saturated carbocycles. The summed E-state index contributed by atoms with van der Waals surface area (Å²) in [5.74, 6) is -0.0475. The van der Waals surface area contributed by atoms with Crippen LogP contribution in [0.15, 0.2) is 54.6 Å². The number of ether oxygens (including phenoxy) is 1. The first-order chi connectivity index (χ1) is 13.2. The average Bonchev–Trinajstić information content (AvgIpc) is 3.03. The summed E-state index contributed by atoms with van der Waals surface area (Å²) in [6.07, 6.45) is 0.0110. The zero-order valence-corrected chi connectivity index (χ0v) is 15.6. The predicted molar refractivity (Wildman–Crippen MR) is 107 cm³/mol. The Labute approximate surface area is 159 Å². The van der Waals surface area contributed by atoms with Gasteiger partial charge in [0.15, 0.2) is 0 Å². The molecule has 1 aliphatic rings. The smallest absolute Gasteiger partial charge is 0.253 e. The van der Waals surface area contributed by atoms with E-state index in [-0.39, 0.29) is 12.0 Å². The van der Waals surface area contributed by atoms with Crippen molar-refractivity contribution in [3.8, 4) is 0 Å². The molecule has 1 atom stereocenters. The number of fused-ring (bicyclic) bond motifs is 1. The lowest BCUT2D eigenvalue weighted by atomic mass is 10.1. The number of hydrogen-bond acceptors (Lipinski definition) is 3. The monoisotopic (exact) mass is 363 g/mol. The number of aromatic nitrogens is 1. The van der Waals surface area contributed by atoms with Crippen molar-refractivity contribution >= 4 is 16.8 Å². The van der Waals surface area contributed by atoms with Gasteiger partial charge in [0.1, 0.15) is 0 Å². The molecule has 3 aromatic rings. The highest BCUT2D eigenvalue weighted by Crippen LogP contribution is 2.21. The lowest BCUT2D eigenvalue weighted by Gasteiger charge is -2.33. The number of H-pyrrole nitrogens is 1. The van der Waals surface area contributed by atoms with Crippen LogP contribution in [0.25, 0.3) is 10.9 Å². The molecular formula is C22H25N3O2. The Bertz CT molecular complexity index is 920. The Morgan fingerprint density at radius 3 is 2.81 bits per heavy atom. The molecular weight excluding hydrogens is 338 g/mol. The van der Waals surface area contributed by atoms with E-state index < -0.39 is 0 Å². The number of nitrogens with one attached hydrogen (secondary N) is 2. The Balaban J connectivity index is 1.36. The topological polar surface area (TPSA) is 57.4 Å². The van der Waals surface area contributed by atoms with Gasteiger partial charge in [-0.2, -0.15) is 0 Å². The fourth-order valence-electron chi connectivity index (χ4n) is 3.75. The minimum absolute atomic E-state index is 0.0110. The molecule has 140 valence electrons. The molecule has 1 unspecified atom stereocenters. The first kappa shape index (κ1) is 17.8. The van der Waals surface area contributed by atoms with E-state index in [0.717, 1.165) is 41.8 Å². The van der Waals surface area contributed by atoms with E-state index in [1.807, 2.05) is 37.3 Å². The van der Waals surface area contributed by atoms with Gasteiger partial charge in [-0.3, -0.25) is 9.69 Å². The van der Waals surface area contributed by atoms with Gasteiger partial charge in [-0.1, -0.05) is 48.5 Å². The van der Waals surface area contributed by atoms with Crippen LogP contribution in [-0.4, -0.2) is 48.1 Å². The third kappa shape index (κ3) is 4.04. The highest BCUT2D eigenvalue weighted by atomic mass is 16.5. The Morgan fingerprint density at radius 1 is 1.19 bits per heavy atom. The normalized spacial score (nSPS) is 17.9. The lowest BCUT2D eigenvalue weighted by molar-refractivity contribution is -0.0292. The number of benzene rings is 2. The maximum atomic E-state index is 12.8. The van der Waals surface area contributed by atoms with E-state index in [0.29, 0.717) is 13.2 Å². The molecule has 2 N–H and O–H groups in total. The second kappa shape index (κ2) is 7.94.